The molecule has 1 saturated heterocycles. The molecule has 1 unspecified atom stereocenters. The van der Waals surface area contributed by atoms with Crippen LogP contribution in [-0.4, -0.2) is 30.5 Å². The number of nitrogens with one attached hydrogen (secondary N) is 1. The Kier molecular flexibility index (Phi) is 4.36. The van der Waals surface area contributed by atoms with Crippen molar-refractivity contribution in [3.8, 4) is 0 Å². The van der Waals surface area contributed by atoms with Gasteiger partial charge in [0, 0.05) is 30.5 Å². The zero-order valence-electron chi connectivity index (χ0n) is 12.1. The number of rotatable bonds is 4. The maximum Gasteiger partial charge on any atom is 0.151 e. The molecule has 1 aliphatic rings. The van der Waals surface area contributed by atoms with E-state index in [0.29, 0.717) is 11.5 Å². The summed E-state index contributed by atoms with van der Waals surface area (Å²) < 4.78 is 25.5. The molecule has 1 aliphatic heterocycles. The smallest absolute Gasteiger partial charge is 0.151 e. The van der Waals surface area contributed by atoms with Crippen molar-refractivity contribution in [3.05, 3.63) is 23.0 Å². The van der Waals surface area contributed by atoms with Crippen molar-refractivity contribution in [3.63, 3.8) is 0 Å². The molecule has 2 heterocycles. The van der Waals surface area contributed by atoms with E-state index in [1.54, 1.807) is 0 Å². The number of hydrogen-bond acceptors (Lipinski definition) is 3. The molecule has 1 atom stereocenters. The molecule has 19 heavy (non-hydrogen) atoms. The van der Waals surface area contributed by atoms with Gasteiger partial charge < -0.3 is 9.88 Å². The van der Waals surface area contributed by atoms with E-state index in [9.17, 15) is 8.42 Å². The molecule has 5 heteroatoms. The molecule has 0 aromatic carbocycles. The van der Waals surface area contributed by atoms with Gasteiger partial charge in [0.05, 0.1) is 11.5 Å². The van der Waals surface area contributed by atoms with Crippen LogP contribution >= 0.6 is 0 Å². The van der Waals surface area contributed by atoms with Gasteiger partial charge in [0.25, 0.3) is 0 Å². The summed E-state index contributed by atoms with van der Waals surface area (Å²) >= 11 is 0. The lowest BCUT2D eigenvalue weighted by Gasteiger charge is -2.23. The minimum Gasteiger partial charge on any atom is -0.349 e. The van der Waals surface area contributed by atoms with Crippen molar-refractivity contribution in [2.75, 3.05) is 11.5 Å². The molecule has 2 rings (SSSR count). The van der Waals surface area contributed by atoms with Gasteiger partial charge in [-0.3, -0.25) is 0 Å². The molecule has 4 nitrogen and oxygen atoms in total. The van der Waals surface area contributed by atoms with E-state index >= 15 is 0 Å². The standard InChI is InChI=1S/C14H24N2O2S/c1-4-16-11(2)8-13(12(16)3)9-15-14-6-5-7-19(17,18)10-14/h8,14-15H,4-7,9-10H2,1-3H3. The Bertz CT molecular complexity index is 546. The summed E-state index contributed by atoms with van der Waals surface area (Å²) in [5.41, 5.74) is 3.83. The number of nitrogens with zero attached hydrogens (tertiary/aromatic N) is 1. The van der Waals surface area contributed by atoms with Gasteiger partial charge >= 0.3 is 0 Å². The molecule has 1 aromatic heterocycles. The molecule has 0 bridgehead atoms. The topological polar surface area (TPSA) is 51.1 Å². The van der Waals surface area contributed by atoms with Crippen molar-refractivity contribution in [2.24, 2.45) is 0 Å². The molecule has 0 radical (unpaired) electrons. The van der Waals surface area contributed by atoms with Crippen LogP contribution in [-0.2, 0) is 22.9 Å². The van der Waals surface area contributed by atoms with Crippen LogP contribution in [0.2, 0.25) is 0 Å². The van der Waals surface area contributed by atoms with Crippen molar-refractivity contribution in [2.45, 2.75) is 52.7 Å². The molecule has 0 spiro atoms. The Morgan fingerprint density at radius 1 is 1.42 bits per heavy atom. The highest BCUT2D eigenvalue weighted by molar-refractivity contribution is 7.91. The second-order valence-electron chi connectivity index (χ2n) is 5.48. The van der Waals surface area contributed by atoms with Gasteiger partial charge in [-0.1, -0.05) is 0 Å². The fourth-order valence-corrected chi connectivity index (χ4v) is 4.65. The second-order valence-corrected chi connectivity index (χ2v) is 7.70. The third-order valence-corrected chi connectivity index (χ3v) is 5.86. The van der Waals surface area contributed by atoms with Crippen LogP contribution in [0.1, 0.15) is 36.7 Å². The van der Waals surface area contributed by atoms with E-state index in [0.717, 1.165) is 25.9 Å². The molecule has 0 aliphatic carbocycles. The Balaban J connectivity index is 1.99. The summed E-state index contributed by atoms with van der Waals surface area (Å²) in [7, 11) is -2.82. The van der Waals surface area contributed by atoms with Gasteiger partial charge in [-0.25, -0.2) is 8.42 Å². The number of aromatic nitrogens is 1. The van der Waals surface area contributed by atoms with Crippen LogP contribution in [0.4, 0.5) is 0 Å². The maximum atomic E-state index is 11.6. The van der Waals surface area contributed by atoms with Gasteiger partial charge in [-0.2, -0.15) is 0 Å². The molecule has 1 fully saturated rings. The fourth-order valence-electron chi connectivity index (χ4n) is 2.98. The highest BCUT2D eigenvalue weighted by atomic mass is 32.2. The second kappa shape index (κ2) is 5.67. The quantitative estimate of drug-likeness (QED) is 0.917. The van der Waals surface area contributed by atoms with Gasteiger partial charge in [0.2, 0.25) is 0 Å². The minimum absolute atomic E-state index is 0.114. The zero-order valence-corrected chi connectivity index (χ0v) is 12.9. The Hall–Kier alpha value is -0.810. The van der Waals surface area contributed by atoms with E-state index in [2.05, 4.69) is 36.7 Å². The van der Waals surface area contributed by atoms with Crippen molar-refractivity contribution >= 4 is 9.84 Å². The van der Waals surface area contributed by atoms with E-state index < -0.39 is 9.84 Å². The zero-order chi connectivity index (χ0) is 14.0. The van der Waals surface area contributed by atoms with E-state index in [1.807, 2.05) is 0 Å². The van der Waals surface area contributed by atoms with Gasteiger partial charge in [-0.05, 0) is 45.2 Å². The minimum atomic E-state index is -2.82. The number of hydrogen-bond donors (Lipinski definition) is 1. The molecule has 0 amide bonds. The Labute approximate surface area is 116 Å². The monoisotopic (exact) mass is 284 g/mol. The van der Waals surface area contributed by atoms with Crippen LogP contribution in [0.3, 0.4) is 0 Å². The predicted molar refractivity (Wildman–Crippen MR) is 78.1 cm³/mol. The van der Waals surface area contributed by atoms with Crippen molar-refractivity contribution in [1.82, 2.24) is 9.88 Å². The average molecular weight is 284 g/mol. The van der Waals surface area contributed by atoms with Crippen LogP contribution in [0.25, 0.3) is 0 Å². The average Bonchev–Trinajstić information content (AvgIpc) is 2.60. The first-order valence-electron chi connectivity index (χ1n) is 7.02. The van der Waals surface area contributed by atoms with Gasteiger partial charge in [-0.15, -0.1) is 0 Å². The molecular weight excluding hydrogens is 260 g/mol. The summed E-state index contributed by atoms with van der Waals surface area (Å²) in [6.07, 6.45) is 1.75. The summed E-state index contributed by atoms with van der Waals surface area (Å²) in [4.78, 5) is 0. The number of aryl methyl sites for hydroxylation is 1. The third kappa shape index (κ3) is 3.39. The summed E-state index contributed by atoms with van der Waals surface area (Å²) in [6.45, 7) is 8.14. The first-order valence-corrected chi connectivity index (χ1v) is 8.84. The normalized spacial score (nSPS) is 22.6. The molecule has 0 saturated carbocycles. The lowest BCUT2D eigenvalue weighted by atomic mass is 10.1. The summed E-state index contributed by atoms with van der Waals surface area (Å²) in [6, 6.07) is 2.31. The highest BCUT2D eigenvalue weighted by Gasteiger charge is 2.24. The van der Waals surface area contributed by atoms with Crippen LogP contribution in [0.5, 0.6) is 0 Å². The Morgan fingerprint density at radius 2 is 2.16 bits per heavy atom. The number of sulfone groups is 1. The van der Waals surface area contributed by atoms with Crippen LogP contribution < -0.4 is 5.32 Å². The fraction of sp³-hybridized carbons (Fsp3) is 0.714. The molecule has 1 aromatic rings. The third-order valence-electron chi connectivity index (χ3n) is 4.04. The van der Waals surface area contributed by atoms with E-state index in [4.69, 9.17) is 0 Å². The molecule has 1 N–H and O–H groups in total. The lowest BCUT2D eigenvalue weighted by Crippen LogP contribution is -2.39. The van der Waals surface area contributed by atoms with Gasteiger partial charge in [0.15, 0.2) is 9.84 Å². The van der Waals surface area contributed by atoms with E-state index in [1.165, 1.54) is 17.0 Å². The molecule has 108 valence electrons. The molecular formula is C14H24N2O2S. The SMILES string of the molecule is CCn1c(C)cc(CNC2CCCS(=O)(=O)C2)c1C. The van der Waals surface area contributed by atoms with Crippen LogP contribution in [0, 0.1) is 13.8 Å². The summed E-state index contributed by atoms with van der Waals surface area (Å²) in [5.74, 6) is 0.648. The first-order chi connectivity index (χ1) is 8.93. The van der Waals surface area contributed by atoms with Crippen molar-refractivity contribution in [1.29, 1.82) is 0 Å². The first kappa shape index (κ1) is 14.6. The maximum absolute atomic E-state index is 11.6. The van der Waals surface area contributed by atoms with Crippen LogP contribution in [0.15, 0.2) is 6.07 Å². The largest absolute Gasteiger partial charge is 0.349 e. The van der Waals surface area contributed by atoms with Crippen molar-refractivity contribution < 1.29 is 8.42 Å². The summed E-state index contributed by atoms with van der Waals surface area (Å²) in [5, 5.41) is 3.41. The predicted octanol–water partition coefficient (Wildman–Crippen LogP) is 1.79. The van der Waals surface area contributed by atoms with E-state index in [-0.39, 0.29) is 6.04 Å². The highest BCUT2D eigenvalue weighted by Crippen LogP contribution is 2.17. The Morgan fingerprint density at radius 3 is 2.74 bits per heavy atom. The van der Waals surface area contributed by atoms with Gasteiger partial charge in [0.1, 0.15) is 0 Å². The lowest BCUT2D eigenvalue weighted by molar-refractivity contribution is 0.479.